The Labute approximate surface area is 148 Å². The Bertz CT molecular complexity index is 696. The summed E-state index contributed by atoms with van der Waals surface area (Å²) < 4.78 is 33.9. The van der Waals surface area contributed by atoms with Crippen LogP contribution in [0, 0.1) is 0 Å². The molecule has 0 fully saturated rings. The van der Waals surface area contributed by atoms with Gasteiger partial charge in [0.1, 0.15) is 10.1 Å². The van der Waals surface area contributed by atoms with Crippen molar-refractivity contribution in [1.82, 2.24) is 0 Å². The molecule has 0 heterocycles. The molecule has 0 spiro atoms. The van der Waals surface area contributed by atoms with Crippen LogP contribution in [0.25, 0.3) is 10.8 Å². The fraction of sp³-hybridized carbons (Fsp3) is 0.375. The first kappa shape index (κ1) is 18.7. The molecule has 0 saturated heterocycles. The van der Waals surface area contributed by atoms with Gasteiger partial charge in [0, 0.05) is 0 Å². The number of aryl methyl sites for hydroxylation is 1. The molecule has 0 aliphatic carbocycles. The fourth-order valence-electron chi connectivity index (χ4n) is 2.42. The predicted molar refractivity (Wildman–Crippen MR) is 79.8 cm³/mol. The van der Waals surface area contributed by atoms with E-state index in [0.717, 1.165) is 23.8 Å². The number of benzene rings is 2. The molecule has 0 atom stereocenters. The zero-order valence-electron chi connectivity index (χ0n) is 12.6. The average molecular weight is 314 g/mol. The Kier molecular flexibility index (Phi) is 7.37. The summed E-state index contributed by atoms with van der Waals surface area (Å²) >= 11 is 0. The fourth-order valence-corrected chi connectivity index (χ4v) is 3.11. The van der Waals surface area contributed by atoms with Crippen LogP contribution in [-0.2, 0) is 16.5 Å². The molecule has 21 heavy (non-hydrogen) atoms. The topological polar surface area (TPSA) is 57.2 Å². The van der Waals surface area contributed by atoms with Gasteiger partial charge < -0.3 is 4.55 Å². The van der Waals surface area contributed by atoms with Gasteiger partial charge in [-0.3, -0.25) is 0 Å². The van der Waals surface area contributed by atoms with E-state index >= 15 is 0 Å². The summed E-state index contributed by atoms with van der Waals surface area (Å²) in [5.74, 6) is 0. The van der Waals surface area contributed by atoms with Crippen LogP contribution in [0.3, 0.4) is 0 Å². The zero-order valence-corrected chi connectivity index (χ0v) is 15.4. The molecule has 2 aromatic rings. The van der Waals surface area contributed by atoms with Crippen molar-refractivity contribution < 1.29 is 42.5 Å². The molecule has 2 rings (SSSR count). The third-order valence-electron chi connectivity index (χ3n) is 3.49. The second-order valence-corrected chi connectivity index (χ2v) is 6.42. The molecule has 0 aromatic heterocycles. The largest absolute Gasteiger partial charge is 1.00 e. The van der Waals surface area contributed by atoms with Gasteiger partial charge in [0.15, 0.2) is 0 Å². The normalized spacial score (nSPS) is 11.3. The number of hydrogen-bond donors (Lipinski definition) is 0. The minimum atomic E-state index is -4.43. The first-order chi connectivity index (χ1) is 9.52. The Balaban J connectivity index is 0.00000220. The first-order valence-corrected chi connectivity index (χ1v) is 8.41. The van der Waals surface area contributed by atoms with E-state index in [1.54, 1.807) is 6.07 Å². The van der Waals surface area contributed by atoms with Gasteiger partial charge in [-0.05, 0) is 41.3 Å². The molecule has 0 unspecified atom stereocenters. The van der Waals surface area contributed by atoms with E-state index in [2.05, 4.69) is 6.92 Å². The molecule has 0 radical (unpaired) electrons. The summed E-state index contributed by atoms with van der Waals surface area (Å²) in [4.78, 5) is -0.120. The van der Waals surface area contributed by atoms with Gasteiger partial charge in [0.25, 0.3) is 0 Å². The van der Waals surface area contributed by atoms with Gasteiger partial charge in [-0.2, -0.15) is 0 Å². The van der Waals surface area contributed by atoms with Gasteiger partial charge >= 0.3 is 29.6 Å². The molecule has 0 N–H and O–H groups in total. The molecular formula is C16H19NaO3S. The smallest absolute Gasteiger partial charge is 0.744 e. The van der Waals surface area contributed by atoms with Crippen molar-refractivity contribution in [3.63, 3.8) is 0 Å². The van der Waals surface area contributed by atoms with E-state index in [1.807, 2.05) is 24.3 Å². The van der Waals surface area contributed by atoms with E-state index in [1.165, 1.54) is 25.3 Å². The third-order valence-corrected chi connectivity index (χ3v) is 4.39. The standard InChI is InChI=1S/C16H20O3S.Na/c1-2-3-4-5-7-13-10-11-14-8-6-9-16(15(14)12-13)20(17,18)19;/h6,8-12H,2-5,7H2,1H3,(H,17,18,19);/q;+1/p-1. The molecule has 0 bridgehead atoms. The van der Waals surface area contributed by atoms with Crippen LogP contribution >= 0.6 is 0 Å². The van der Waals surface area contributed by atoms with Crippen LogP contribution < -0.4 is 29.6 Å². The maximum absolute atomic E-state index is 11.3. The van der Waals surface area contributed by atoms with E-state index in [9.17, 15) is 13.0 Å². The molecule has 0 amide bonds. The quantitative estimate of drug-likeness (QED) is 0.452. The predicted octanol–water partition coefficient (Wildman–Crippen LogP) is 0.871. The molecule has 108 valence electrons. The minimum Gasteiger partial charge on any atom is -0.744 e. The molecule has 0 aliphatic rings. The molecule has 3 nitrogen and oxygen atoms in total. The van der Waals surface area contributed by atoms with Crippen LogP contribution in [0.2, 0.25) is 0 Å². The van der Waals surface area contributed by atoms with Crippen molar-refractivity contribution in [3.8, 4) is 0 Å². The van der Waals surface area contributed by atoms with Crippen molar-refractivity contribution >= 4 is 20.9 Å². The van der Waals surface area contributed by atoms with Gasteiger partial charge in [0.05, 0.1) is 4.90 Å². The summed E-state index contributed by atoms with van der Waals surface area (Å²) in [5.41, 5.74) is 1.09. The molecule has 0 saturated carbocycles. The molecule has 0 aliphatic heterocycles. The van der Waals surface area contributed by atoms with Crippen LogP contribution in [0.1, 0.15) is 38.2 Å². The van der Waals surface area contributed by atoms with Crippen LogP contribution in [0.5, 0.6) is 0 Å². The van der Waals surface area contributed by atoms with Crippen molar-refractivity contribution in [2.45, 2.75) is 43.9 Å². The van der Waals surface area contributed by atoms with Gasteiger partial charge in [-0.25, -0.2) is 8.42 Å². The van der Waals surface area contributed by atoms with Gasteiger partial charge in [0.2, 0.25) is 0 Å². The van der Waals surface area contributed by atoms with Crippen molar-refractivity contribution in [2.75, 3.05) is 0 Å². The molecule has 5 heteroatoms. The van der Waals surface area contributed by atoms with E-state index in [0.29, 0.717) is 5.39 Å². The number of fused-ring (bicyclic) bond motifs is 1. The SMILES string of the molecule is CCCCCCc1ccc2cccc(S(=O)(=O)[O-])c2c1.[Na+]. The summed E-state index contributed by atoms with van der Waals surface area (Å²) in [7, 11) is -4.43. The average Bonchev–Trinajstić information content (AvgIpc) is 2.42. The maximum Gasteiger partial charge on any atom is 1.00 e. The van der Waals surface area contributed by atoms with Crippen LogP contribution in [0.4, 0.5) is 0 Å². The Morgan fingerprint density at radius 1 is 1.05 bits per heavy atom. The Hall–Kier alpha value is -0.390. The van der Waals surface area contributed by atoms with Crippen LogP contribution in [0.15, 0.2) is 41.3 Å². The first-order valence-electron chi connectivity index (χ1n) is 7.00. The van der Waals surface area contributed by atoms with Gasteiger partial charge in [-0.1, -0.05) is 50.5 Å². The van der Waals surface area contributed by atoms with Gasteiger partial charge in [-0.15, -0.1) is 0 Å². The zero-order chi connectivity index (χ0) is 14.6. The minimum absolute atomic E-state index is 0. The second kappa shape index (κ2) is 8.30. The monoisotopic (exact) mass is 314 g/mol. The number of rotatable bonds is 6. The number of unbranched alkanes of at least 4 members (excludes halogenated alkanes) is 3. The Morgan fingerprint density at radius 2 is 1.81 bits per heavy atom. The maximum atomic E-state index is 11.3. The summed E-state index contributed by atoms with van der Waals surface area (Å²) in [6, 6.07) is 10.5. The third kappa shape index (κ3) is 5.08. The van der Waals surface area contributed by atoms with E-state index in [-0.39, 0.29) is 34.5 Å². The number of hydrogen-bond acceptors (Lipinski definition) is 3. The van der Waals surface area contributed by atoms with Crippen molar-refractivity contribution in [3.05, 3.63) is 42.0 Å². The van der Waals surface area contributed by atoms with E-state index < -0.39 is 10.1 Å². The van der Waals surface area contributed by atoms with Crippen molar-refractivity contribution in [1.29, 1.82) is 0 Å². The summed E-state index contributed by atoms with van der Waals surface area (Å²) in [6.45, 7) is 2.17. The second-order valence-electron chi connectivity index (χ2n) is 5.08. The molecular weight excluding hydrogens is 295 g/mol. The van der Waals surface area contributed by atoms with Crippen LogP contribution in [-0.4, -0.2) is 13.0 Å². The van der Waals surface area contributed by atoms with E-state index in [4.69, 9.17) is 0 Å². The summed E-state index contributed by atoms with van der Waals surface area (Å²) in [5, 5.41) is 1.33. The molecule has 2 aromatic carbocycles. The summed E-state index contributed by atoms with van der Waals surface area (Å²) in [6.07, 6.45) is 5.59. The Morgan fingerprint density at radius 3 is 2.48 bits per heavy atom. The van der Waals surface area contributed by atoms with Crippen molar-refractivity contribution in [2.24, 2.45) is 0 Å².